The maximum absolute atomic E-state index is 12.7. The fraction of sp³-hybridized carbons (Fsp3) is 0.733. The monoisotopic (exact) mass is 294 g/mol. The van der Waals surface area contributed by atoms with Crippen LogP contribution in [0.25, 0.3) is 0 Å². The third kappa shape index (κ3) is 2.58. The molecule has 6 nitrogen and oxygen atoms in total. The Hall–Kier alpha value is -1.40. The van der Waals surface area contributed by atoms with Gasteiger partial charge in [0, 0.05) is 32.7 Å². The van der Waals surface area contributed by atoms with E-state index in [-0.39, 0.29) is 30.3 Å². The highest BCUT2D eigenvalue weighted by molar-refractivity contribution is 5.87. The van der Waals surface area contributed by atoms with Gasteiger partial charge in [-0.3, -0.25) is 14.5 Å². The average Bonchev–Trinajstić information content (AvgIpc) is 3.08. The number of β-amino-alcohol motifs (C(OH)–C–C–N with tert-alkyl or cyclic N) is 1. The van der Waals surface area contributed by atoms with E-state index in [4.69, 9.17) is 5.11 Å². The number of rotatable bonds is 4. The first kappa shape index (κ1) is 14.5. The maximum atomic E-state index is 12.7. The first-order valence-electron chi connectivity index (χ1n) is 7.65. The molecule has 1 heterocycles. The molecule has 0 aromatic rings. The number of amides is 1. The van der Waals surface area contributed by atoms with E-state index in [0.29, 0.717) is 19.6 Å². The molecule has 0 spiro atoms. The van der Waals surface area contributed by atoms with E-state index in [2.05, 4.69) is 4.90 Å². The highest BCUT2D eigenvalue weighted by Gasteiger charge is 2.52. The standard InChI is InChI=1S/C15H22N2O4/c18-8-7-16-3-5-17(6-4-16)14(19)12-10-1-2-11(9-10)13(12)15(20)21/h1-2,10-13,18H,3-9H2,(H,20,21)/t10-,11-,12-,13-/m0/s1. The molecule has 0 aromatic heterocycles. The number of allylic oxidation sites excluding steroid dienone is 2. The van der Waals surface area contributed by atoms with Gasteiger partial charge in [-0.05, 0) is 18.3 Å². The Labute approximate surface area is 124 Å². The summed E-state index contributed by atoms with van der Waals surface area (Å²) in [7, 11) is 0. The van der Waals surface area contributed by atoms with Gasteiger partial charge in [0.15, 0.2) is 0 Å². The predicted molar refractivity (Wildman–Crippen MR) is 75.5 cm³/mol. The number of piperazine rings is 1. The summed E-state index contributed by atoms with van der Waals surface area (Å²) < 4.78 is 0. The Morgan fingerprint density at radius 3 is 2.24 bits per heavy atom. The molecule has 1 saturated heterocycles. The van der Waals surface area contributed by atoms with Gasteiger partial charge in [-0.2, -0.15) is 0 Å². The largest absolute Gasteiger partial charge is 0.481 e. The number of aliphatic carboxylic acids is 1. The van der Waals surface area contributed by atoms with Gasteiger partial charge < -0.3 is 15.1 Å². The molecule has 3 aliphatic rings. The number of hydrogen-bond acceptors (Lipinski definition) is 4. The van der Waals surface area contributed by atoms with Gasteiger partial charge in [-0.1, -0.05) is 12.2 Å². The summed E-state index contributed by atoms with van der Waals surface area (Å²) in [6.07, 6.45) is 4.79. The zero-order valence-corrected chi connectivity index (χ0v) is 12.0. The van der Waals surface area contributed by atoms with Gasteiger partial charge in [0.2, 0.25) is 5.91 Å². The van der Waals surface area contributed by atoms with E-state index in [1.807, 2.05) is 17.1 Å². The van der Waals surface area contributed by atoms with Crippen LogP contribution in [0.5, 0.6) is 0 Å². The van der Waals surface area contributed by atoms with E-state index >= 15 is 0 Å². The van der Waals surface area contributed by atoms with Gasteiger partial charge in [0.25, 0.3) is 0 Å². The summed E-state index contributed by atoms with van der Waals surface area (Å²) in [5.41, 5.74) is 0. The van der Waals surface area contributed by atoms with Crippen molar-refractivity contribution in [3.63, 3.8) is 0 Å². The number of carbonyl (C=O) groups excluding carboxylic acids is 1. The molecule has 1 saturated carbocycles. The number of carbonyl (C=O) groups is 2. The molecule has 6 heteroatoms. The molecule has 2 N–H and O–H groups in total. The summed E-state index contributed by atoms with van der Waals surface area (Å²) in [6.45, 7) is 3.52. The minimum absolute atomic E-state index is 0.00268. The van der Waals surface area contributed by atoms with Crippen molar-refractivity contribution in [2.45, 2.75) is 6.42 Å². The lowest BCUT2D eigenvalue weighted by atomic mass is 9.82. The number of carboxylic acid groups (broad SMARTS) is 1. The summed E-state index contributed by atoms with van der Waals surface area (Å²) in [6, 6.07) is 0. The Morgan fingerprint density at radius 2 is 1.67 bits per heavy atom. The van der Waals surface area contributed by atoms with Gasteiger partial charge in [-0.25, -0.2) is 0 Å². The Balaban J connectivity index is 1.66. The minimum atomic E-state index is -0.843. The smallest absolute Gasteiger partial charge is 0.307 e. The number of hydrogen-bond donors (Lipinski definition) is 2. The van der Waals surface area contributed by atoms with Crippen LogP contribution >= 0.6 is 0 Å². The van der Waals surface area contributed by atoms with E-state index in [1.165, 1.54) is 0 Å². The van der Waals surface area contributed by atoms with Crippen LogP contribution in [-0.2, 0) is 9.59 Å². The van der Waals surface area contributed by atoms with Crippen molar-refractivity contribution in [2.75, 3.05) is 39.3 Å². The van der Waals surface area contributed by atoms with E-state index in [0.717, 1.165) is 19.5 Å². The zero-order chi connectivity index (χ0) is 15.0. The van der Waals surface area contributed by atoms with Gasteiger partial charge in [0.05, 0.1) is 18.4 Å². The molecule has 21 heavy (non-hydrogen) atoms. The van der Waals surface area contributed by atoms with Gasteiger partial charge in [-0.15, -0.1) is 0 Å². The molecule has 116 valence electrons. The van der Waals surface area contributed by atoms with Crippen LogP contribution in [-0.4, -0.2) is 71.2 Å². The lowest BCUT2D eigenvalue weighted by Crippen LogP contribution is -2.52. The first-order chi connectivity index (χ1) is 10.1. The second kappa shape index (κ2) is 5.77. The SMILES string of the molecule is O=C(O)[C@@H]1[C@@H](C(=O)N2CCN(CCO)CC2)[C@H]2C=C[C@H]1C2. The Morgan fingerprint density at radius 1 is 1.05 bits per heavy atom. The first-order valence-corrected chi connectivity index (χ1v) is 7.65. The van der Waals surface area contributed by atoms with Crippen molar-refractivity contribution in [1.82, 2.24) is 9.80 Å². The number of nitrogens with zero attached hydrogens (tertiary/aromatic N) is 2. The summed E-state index contributed by atoms with van der Waals surface area (Å²) in [4.78, 5) is 28.1. The van der Waals surface area contributed by atoms with Crippen LogP contribution in [0.15, 0.2) is 12.2 Å². The zero-order valence-electron chi connectivity index (χ0n) is 12.0. The topological polar surface area (TPSA) is 81.1 Å². The van der Waals surface area contributed by atoms with Crippen molar-refractivity contribution in [3.05, 3.63) is 12.2 Å². The molecule has 0 aromatic carbocycles. The maximum Gasteiger partial charge on any atom is 0.307 e. The molecule has 4 atom stereocenters. The molecule has 0 radical (unpaired) electrons. The average molecular weight is 294 g/mol. The highest BCUT2D eigenvalue weighted by Crippen LogP contribution is 2.48. The van der Waals surface area contributed by atoms with Gasteiger partial charge in [0.1, 0.15) is 0 Å². The molecular weight excluding hydrogens is 272 g/mol. The molecule has 3 rings (SSSR count). The van der Waals surface area contributed by atoms with Crippen LogP contribution < -0.4 is 0 Å². The van der Waals surface area contributed by atoms with Crippen LogP contribution in [0.2, 0.25) is 0 Å². The molecule has 0 unspecified atom stereocenters. The second-order valence-electron chi connectivity index (χ2n) is 6.23. The number of aliphatic hydroxyl groups is 1. The number of carboxylic acids is 1. The van der Waals surface area contributed by atoms with Gasteiger partial charge >= 0.3 is 5.97 Å². The quantitative estimate of drug-likeness (QED) is 0.693. The van der Waals surface area contributed by atoms with E-state index < -0.39 is 11.9 Å². The van der Waals surface area contributed by atoms with Crippen LogP contribution in [0.3, 0.4) is 0 Å². The second-order valence-corrected chi connectivity index (χ2v) is 6.23. The molecular formula is C15H22N2O4. The molecule has 2 aliphatic carbocycles. The highest BCUT2D eigenvalue weighted by atomic mass is 16.4. The van der Waals surface area contributed by atoms with Crippen molar-refractivity contribution < 1.29 is 19.8 Å². The van der Waals surface area contributed by atoms with Crippen LogP contribution in [0, 0.1) is 23.7 Å². The number of fused-ring (bicyclic) bond motifs is 2. The molecule has 2 bridgehead atoms. The minimum Gasteiger partial charge on any atom is -0.481 e. The van der Waals surface area contributed by atoms with Crippen molar-refractivity contribution in [1.29, 1.82) is 0 Å². The molecule has 1 aliphatic heterocycles. The van der Waals surface area contributed by atoms with Crippen LogP contribution in [0.1, 0.15) is 6.42 Å². The normalized spacial score (nSPS) is 35.4. The van der Waals surface area contributed by atoms with Crippen molar-refractivity contribution in [2.24, 2.45) is 23.7 Å². The third-order valence-corrected chi connectivity index (χ3v) is 5.13. The molecule has 2 fully saturated rings. The lowest BCUT2D eigenvalue weighted by molar-refractivity contribution is -0.151. The Bertz CT molecular complexity index is 457. The number of aliphatic hydroxyl groups excluding tert-OH is 1. The van der Waals surface area contributed by atoms with Crippen molar-refractivity contribution >= 4 is 11.9 Å². The molecule has 1 amide bonds. The lowest BCUT2D eigenvalue weighted by Gasteiger charge is -2.37. The van der Waals surface area contributed by atoms with E-state index in [9.17, 15) is 14.7 Å². The van der Waals surface area contributed by atoms with E-state index in [1.54, 1.807) is 0 Å². The van der Waals surface area contributed by atoms with Crippen LogP contribution in [0.4, 0.5) is 0 Å². The summed E-state index contributed by atoms with van der Waals surface area (Å²) in [5.74, 6) is -1.66. The fourth-order valence-electron chi connectivity index (χ4n) is 4.04. The summed E-state index contributed by atoms with van der Waals surface area (Å²) >= 11 is 0. The summed E-state index contributed by atoms with van der Waals surface area (Å²) in [5, 5.41) is 18.4. The third-order valence-electron chi connectivity index (χ3n) is 5.13. The predicted octanol–water partition coefficient (Wildman–Crippen LogP) is -0.354. The Kier molecular flexibility index (Phi) is 3.99. The fourth-order valence-corrected chi connectivity index (χ4v) is 4.04. The van der Waals surface area contributed by atoms with Crippen molar-refractivity contribution in [3.8, 4) is 0 Å².